The molecular weight excluding hydrogens is 344 g/mol. The van der Waals surface area contributed by atoms with Crippen LogP contribution < -0.4 is 0 Å². The summed E-state index contributed by atoms with van der Waals surface area (Å²) in [7, 11) is 0. The molecule has 3 aromatic rings. The van der Waals surface area contributed by atoms with Gasteiger partial charge in [0, 0.05) is 19.8 Å². The van der Waals surface area contributed by atoms with Crippen LogP contribution in [0.25, 0.3) is 11.0 Å². The molecule has 1 aromatic heterocycles. The average Bonchev–Trinajstić information content (AvgIpc) is 2.69. The van der Waals surface area contributed by atoms with E-state index in [4.69, 9.17) is 16.0 Å². The number of benzene rings is 2. The van der Waals surface area contributed by atoms with Gasteiger partial charge in [0.1, 0.15) is 11.3 Å². The topological polar surface area (TPSA) is 13.1 Å². The fourth-order valence-electron chi connectivity index (χ4n) is 1.92. The molecule has 1 nitrogen and oxygen atoms in total. The van der Waals surface area contributed by atoms with Crippen LogP contribution in [-0.2, 0) is 0 Å². The molecule has 3 rings (SSSR count). The lowest BCUT2D eigenvalue weighted by atomic mass is 10.2. The van der Waals surface area contributed by atoms with Crippen LogP contribution in [0.15, 0.2) is 61.1 Å². The van der Waals surface area contributed by atoms with Gasteiger partial charge in [0.15, 0.2) is 0 Å². The summed E-state index contributed by atoms with van der Waals surface area (Å²) in [6.45, 7) is 1.99. The van der Waals surface area contributed by atoms with Gasteiger partial charge in [-0.25, -0.2) is 0 Å². The molecule has 0 radical (unpaired) electrons. The maximum absolute atomic E-state index is 5.91. The smallest absolute Gasteiger partial charge is 0.135 e. The van der Waals surface area contributed by atoms with Crippen LogP contribution in [0.3, 0.4) is 0 Å². The van der Waals surface area contributed by atoms with Crippen LogP contribution in [-0.4, -0.2) is 0 Å². The predicted molar refractivity (Wildman–Crippen MR) is 84.2 cm³/mol. The molecule has 0 N–H and O–H groups in total. The van der Waals surface area contributed by atoms with E-state index in [1.54, 1.807) is 11.8 Å². The average molecular weight is 354 g/mol. The van der Waals surface area contributed by atoms with Crippen molar-refractivity contribution in [2.24, 2.45) is 0 Å². The molecule has 0 atom stereocenters. The Morgan fingerprint density at radius 3 is 2.58 bits per heavy atom. The molecule has 0 bridgehead atoms. The van der Waals surface area contributed by atoms with Gasteiger partial charge in [-0.2, -0.15) is 0 Å². The van der Waals surface area contributed by atoms with Gasteiger partial charge in [0.05, 0.1) is 4.90 Å². The predicted octanol–water partition coefficient (Wildman–Crippen LogP) is 6.31. The first-order valence-electron chi connectivity index (χ1n) is 5.75. The molecule has 0 aliphatic carbocycles. The number of halogens is 2. The monoisotopic (exact) mass is 352 g/mol. The van der Waals surface area contributed by atoms with Crippen molar-refractivity contribution in [1.29, 1.82) is 0 Å². The van der Waals surface area contributed by atoms with E-state index in [1.807, 2.05) is 43.3 Å². The minimum Gasteiger partial charge on any atom is -0.460 e. The zero-order chi connectivity index (χ0) is 13.4. The largest absolute Gasteiger partial charge is 0.460 e. The Hall–Kier alpha value is -0.900. The Morgan fingerprint density at radius 2 is 1.84 bits per heavy atom. The molecule has 0 amide bonds. The van der Waals surface area contributed by atoms with E-state index in [1.165, 1.54) is 0 Å². The van der Waals surface area contributed by atoms with Gasteiger partial charge < -0.3 is 4.42 Å². The highest BCUT2D eigenvalue weighted by molar-refractivity contribution is 9.10. The van der Waals surface area contributed by atoms with Crippen LogP contribution in [0, 0.1) is 6.92 Å². The molecule has 0 fully saturated rings. The first-order chi connectivity index (χ1) is 9.13. The van der Waals surface area contributed by atoms with E-state index in [2.05, 4.69) is 22.0 Å². The Kier molecular flexibility index (Phi) is 3.61. The van der Waals surface area contributed by atoms with Gasteiger partial charge in [-0.15, -0.1) is 0 Å². The Balaban J connectivity index is 2.06. The zero-order valence-electron chi connectivity index (χ0n) is 10.1. The maximum atomic E-state index is 5.91. The molecule has 1 heterocycles. The number of aryl methyl sites for hydroxylation is 1. The van der Waals surface area contributed by atoms with Gasteiger partial charge in [0.25, 0.3) is 0 Å². The minimum atomic E-state index is 0.751. The van der Waals surface area contributed by atoms with Crippen LogP contribution in [0.1, 0.15) is 5.76 Å². The van der Waals surface area contributed by atoms with Crippen molar-refractivity contribution in [3.63, 3.8) is 0 Å². The van der Waals surface area contributed by atoms with Gasteiger partial charge in [-0.3, -0.25) is 0 Å². The van der Waals surface area contributed by atoms with Crippen molar-refractivity contribution in [3.8, 4) is 0 Å². The van der Waals surface area contributed by atoms with Gasteiger partial charge in [0.2, 0.25) is 0 Å². The lowest BCUT2D eigenvalue weighted by Gasteiger charge is -2.01. The summed E-state index contributed by atoms with van der Waals surface area (Å²) in [4.78, 5) is 2.30. The molecule has 4 heteroatoms. The molecule has 0 aliphatic rings. The molecule has 0 unspecified atom stereocenters. The fourth-order valence-corrected chi connectivity index (χ4v) is 3.37. The summed E-state index contributed by atoms with van der Waals surface area (Å²) in [6.07, 6.45) is 0. The number of furan rings is 1. The number of hydrogen-bond acceptors (Lipinski definition) is 2. The molecule has 0 spiro atoms. The molecule has 96 valence electrons. The molecule has 2 aromatic carbocycles. The van der Waals surface area contributed by atoms with E-state index in [0.29, 0.717) is 0 Å². The SMILES string of the molecule is Cc1oc2ccc(Br)cc2c1Sc1ccc(Cl)cc1. The molecule has 19 heavy (non-hydrogen) atoms. The van der Waals surface area contributed by atoms with Gasteiger partial charge in [-0.1, -0.05) is 39.3 Å². The third-order valence-electron chi connectivity index (χ3n) is 2.80. The lowest BCUT2D eigenvalue weighted by molar-refractivity contribution is 0.568. The third-order valence-corrected chi connectivity index (χ3v) is 4.77. The number of fused-ring (bicyclic) bond motifs is 1. The van der Waals surface area contributed by atoms with Crippen molar-refractivity contribution in [2.75, 3.05) is 0 Å². The Morgan fingerprint density at radius 1 is 1.11 bits per heavy atom. The van der Waals surface area contributed by atoms with Gasteiger partial charge in [-0.05, 0) is 49.4 Å². The molecule has 0 aliphatic heterocycles. The highest BCUT2D eigenvalue weighted by Gasteiger charge is 2.12. The Bertz CT molecular complexity index is 734. The second-order valence-corrected chi connectivity index (χ2v) is 6.62. The third kappa shape index (κ3) is 2.69. The van der Waals surface area contributed by atoms with E-state index >= 15 is 0 Å². The van der Waals surface area contributed by atoms with Gasteiger partial charge >= 0.3 is 0 Å². The highest BCUT2D eigenvalue weighted by atomic mass is 79.9. The number of rotatable bonds is 2. The standard InChI is InChI=1S/C15H10BrClOS/c1-9-15(19-12-5-3-11(17)4-6-12)13-8-10(16)2-7-14(13)18-9/h2-8H,1H3. The van der Waals surface area contributed by atoms with Crippen LogP contribution >= 0.6 is 39.3 Å². The van der Waals surface area contributed by atoms with Crippen molar-refractivity contribution >= 4 is 50.3 Å². The number of hydrogen-bond donors (Lipinski definition) is 0. The van der Waals surface area contributed by atoms with E-state index in [0.717, 1.165) is 36.0 Å². The minimum absolute atomic E-state index is 0.751. The summed E-state index contributed by atoms with van der Waals surface area (Å²) in [5, 5.41) is 1.88. The van der Waals surface area contributed by atoms with Crippen LogP contribution in [0.2, 0.25) is 5.02 Å². The summed E-state index contributed by atoms with van der Waals surface area (Å²) >= 11 is 11.1. The molecule has 0 saturated carbocycles. The fraction of sp³-hybridized carbons (Fsp3) is 0.0667. The van der Waals surface area contributed by atoms with Crippen LogP contribution in [0.5, 0.6) is 0 Å². The maximum Gasteiger partial charge on any atom is 0.135 e. The second kappa shape index (κ2) is 5.23. The summed E-state index contributed by atoms with van der Waals surface area (Å²) < 4.78 is 6.84. The summed E-state index contributed by atoms with van der Waals surface area (Å²) in [5.41, 5.74) is 0.914. The van der Waals surface area contributed by atoms with Crippen molar-refractivity contribution < 1.29 is 4.42 Å². The lowest BCUT2D eigenvalue weighted by Crippen LogP contribution is -1.75. The van der Waals surface area contributed by atoms with E-state index in [-0.39, 0.29) is 0 Å². The van der Waals surface area contributed by atoms with E-state index in [9.17, 15) is 0 Å². The molecule has 0 saturated heterocycles. The normalized spacial score (nSPS) is 11.1. The van der Waals surface area contributed by atoms with Crippen molar-refractivity contribution in [1.82, 2.24) is 0 Å². The molecular formula is C15H10BrClOS. The van der Waals surface area contributed by atoms with E-state index < -0.39 is 0 Å². The highest BCUT2D eigenvalue weighted by Crippen LogP contribution is 2.39. The summed E-state index contributed by atoms with van der Waals surface area (Å²) in [6, 6.07) is 13.9. The zero-order valence-corrected chi connectivity index (χ0v) is 13.3. The second-order valence-electron chi connectivity index (χ2n) is 4.18. The first-order valence-corrected chi connectivity index (χ1v) is 7.74. The summed E-state index contributed by atoms with van der Waals surface area (Å²) in [5.74, 6) is 0.938. The van der Waals surface area contributed by atoms with Crippen LogP contribution in [0.4, 0.5) is 0 Å². The Labute approximate surface area is 129 Å². The first kappa shape index (κ1) is 13.1. The van der Waals surface area contributed by atoms with Crippen molar-refractivity contribution in [3.05, 3.63) is 57.7 Å². The van der Waals surface area contributed by atoms with Crippen molar-refractivity contribution in [2.45, 2.75) is 16.7 Å². The quantitative estimate of drug-likeness (QED) is 0.535.